The highest BCUT2D eigenvalue weighted by molar-refractivity contribution is 14.1. The van der Waals surface area contributed by atoms with E-state index in [2.05, 4.69) is 22.6 Å². The third-order valence-electron chi connectivity index (χ3n) is 3.84. The molecule has 1 fully saturated rings. The Morgan fingerprint density at radius 2 is 2.04 bits per heavy atom. The van der Waals surface area contributed by atoms with Crippen LogP contribution in [0.15, 0.2) is 41.3 Å². The van der Waals surface area contributed by atoms with Crippen molar-refractivity contribution in [2.75, 3.05) is 6.54 Å². The van der Waals surface area contributed by atoms with Crippen LogP contribution in [0.1, 0.15) is 18.1 Å². The van der Waals surface area contributed by atoms with Crippen LogP contribution >= 0.6 is 69.8 Å². The number of thiocarbonyl (C=S) groups is 1. The fourth-order valence-corrected chi connectivity index (χ4v) is 4.98. The molecule has 0 N–H and O–H groups in total. The Morgan fingerprint density at radius 1 is 1.26 bits per heavy atom. The maximum atomic E-state index is 12.3. The van der Waals surface area contributed by atoms with Crippen molar-refractivity contribution in [3.8, 4) is 5.75 Å². The van der Waals surface area contributed by atoms with Gasteiger partial charge < -0.3 is 4.74 Å². The van der Waals surface area contributed by atoms with Gasteiger partial charge in [0.05, 0.1) is 8.48 Å². The van der Waals surface area contributed by atoms with Gasteiger partial charge in [0.15, 0.2) is 0 Å². The van der Waals surface area contributed by atoms with E-state index < -0.39 is 0 Å². The fraction of sp³-hybridized carbons (Fsp3) is 0.158. The first-order valence-corrected chi connectivity index (χ1v) is 11.1. The SMILES string of the molecule is CCN1C(=O)/C(=C/c2ccc(OCc3ccc(Cl)cc3Cl)c(I)c2)SC1=S. The lowest BCUT2D eigenvalue weighted by Crippen LogP contribution is -2.27. The second-order valence-electron chi connectivity index (χ2n) is 5.64. The molecule has 140 valence electrons. The van der Waals surface area contributed by atoms with E-state index in [1.54, 1.807) is 17.0 Å². The van der Waals surface area contributed by atoms with Crippen molar-refractivity contribution in [1.29, 1.82) is 0 Å². The number of hydrogen-bond donors (Lipinski definition) is 0. The summed E-state index contributed by atoms with van der Waals surface area (Å²) < 4.78 is 7.43. The van der Waals surface area contributed by atoms with Gasteiger partial charge in [-0.15, -0.1) is 0 Å². The van der Waals surface area contributed by atoms with Crippen LogP contribution in [0.5, 0.6) is 5.75 Å². The van der Waals surface area contributed by atoms with Crippen LogP contribution in [0.2, 0.25) is 10.0 Å². The molecule has 0 unspecified atom stereocenters. The Bertz CT molecular complexity index is 949. The molecule has 0 saturated carbocycles. The summed E-state index contributed by atoms with van der Waals surface area (Å²) in [5.41, 5.74) is 1.79. The topological polar surface area (TPSA) is 29.5 Å². The van der Waals surface area contributed by atoms with Gasteiger partial charge in [-0.25, -0.2) is 0 Å². The largest absolute Gasteiger partial charge is 0.488 e. The number of thioether (sulfide) groups is 1. The van der Waals surface area contributed by atoms with E-state index in [9.17, 15) is 4.79 Å². The number of rotatable bonds is 5. The van der Waals surface area contributed by atoms with E-state index in [0.29, 0.717) is 32.4 Å². The highest BCUT2D eigenvalue weighted by Crippen LogP contribution is 2.33. The molecular formula is C19H14Cl2INO2S2. The molecule has 3 nitrogen and oxygen atoms in total. The van der Waals surface area contributed by atoms with E-state index >= 15 is 0 Å². The van der Waals surface area contributed by atoms with Crippen molar-refractivity contribution in [2.24, 2.45) is 0 Å². The molecule has 27 heavy (non-hydrogen) atoms. The summed E-state index contributed by atoms with van der Waals surface area (Å²) in [4.78, 5) is 14.6. The molecule has 0 bridgehead atoms. The Balaban J connectivity index is 1.73. The van der Waals surface area contributed by atoms with E-state index in [4.69, 9.17) is 40.2 Å². The second-order valence-corrected chi connectivity index (χ2v) is 9.32. The summed E-state index contributed by atoms with van der Waals surface area (Å²) in [5, 5.41) is 1.17. The predicted molar refractivity (Wildman–Crippen MR) is 126 cm³/mol. The molecule has 1 saturated heterocycles. The van der Waals surface area contributed by atoms with Gasteiger partial charge in [0, 0.05) is 22.2 Å². The van der Waals surface area contributed by atoms with Gasteiger partial charge in [-0.05, 0) is 65.4 Å². The van der Waals surface area contributed by atoms with E-state index in [1.165, 1.54) is 11.8 Å². The third-order valence-corrected chi connectivity index (χ3v) is 6.65. The van der Waals surface area contributed by atoms with Crippen molar-refractivity contribution in [3.63, 3.8) is 0 Å². The Kier molecular flexibility index (Phi) is 7.08. The minimum absolute atomic E-state index is 0.0415. The molecule has 1 aliphatic heterocycles. The number of ether oxygens (including phenoxy) is 1. The lowest BCUT2D eigenvalue weighted by atomic mass is 10.2. The minimum atomic E-state index is -0.0415. The van der Waals surface area contributed by atoms with Crippen LogP contribution in [-0.2, 0) is 11.4 Å². The number of hydrogen-bond acceptors (Lipinski definition) is 4. The number of carbonyl (C=O) groups excluding carboxylic acids is 1. The molecule has 0 spiro atoms. The van der Waals surface area contributed by atoms with E-state index in [-0.39, 0.29) is 5.91 Å². The van der Waals surface area contributed by atoms with Gasteiger partial charge in [-0.1, -0.05) is 59.3 Å². The molecule has 1 amide bonds. The van der Waals surface area contributed by atoms with Crippen LogP contribution < -0.4 is 4.74 Å². The van der Waals surface area contributed by atoms with Crippen molar-refractivity contribution >= 4 is 86.1 Å². The van der Waals surface area contributed by atoms with Crippen LogP contribution in [0.3, 0.4) is 0 Å². The summed E-state index contributed by atoms with van der Waals surface area (Å²) in [6.45, 7) is 2.84. The number of halogens is 3. The van der Waals surface area contributed by atoms with Crippen molar-refractivity contribution in [2.45, 2.75) is 13.5 Å². The Hall–Kier alpha value is -0.800. The van der Waals surface area contributed by atoms with Crippen LogP contribution in [0.4, 0.5) is 0 Å². The molecule has 2 aromatic carbocycles. The fourth-order valence-electron chi connectivity index (χ4n) is 2.44. The summed E-state index contributed by atoms with van der Waals surface area (Å²) in [6.07, 6.45) is 1.86. The Labute approximate surface area is 191 Å². The first kappa shape index (κ1) is 20.9. The lowest BCUT2D eigenvalue weighted by molar-refractivity contribution is -0.121. The summed E-state index contributed by atoms with van der Waals surface area (Å²) in [5.74, 6) is 0.708. The molecule has 1 heterocycles. The zero-order valence-electron chi connectivity index (χ0n) is 14.2. The highest BCUT2D eigenvalue weighted by atomic mass is 127. The van der Waals surface area contributed by atoms with Gasteiger partial charge >= 0.3 is 0 Å². The van der Waals surface area contributed by atoms with Crippen molar-refractivity contribution in [1.82, 2.24) is 4.90 Å². The molecule has 0 aliphatic carbocycles. The van der Waals surface area contributed by atoms with Crippen LogP contribution in [0, 0.1) is 3.57 Å². The zero-order chi connectivity index (χ0) is 19.6. The minimum Gasteiger partial charge on any atom is -0.488 e. The Morgan fingerprint density at radius 3 is 2.67 bits per heavy atom. The molecule has 0 radical (unpaired) electrons. The quantitative estimate of drug-likeness (QED) is 0.245. The van der Waals surface area contributed by atoms with Gasteiger partial charge in [-0.3, -0.25) is 9.69 Å². The first-order valence-electron chi connectivity index (χ1n) is 8.00. The molecule has 0 aromatic heterocycles. The number of likely N-dealkylation sites (N-methyl/N-ethyl adjacent to an activating group) is 1. The maximum absolute atomic E-state index is 12.3. The number of amides is 1. The number of nitrogens with zero attached hydrogens (tertiary/aromatic N) is 1. The van der Waals surface area contributed by atoms with Gasteiger partial charge in [0.25, 0.3) is 5.91 Å². The normalized spacial score (nSPS) is 15.7. The molecule has 3 rings (SSSR count). The van der Waals surface area contributed by atoms with Gasteiger partial charge in [0.2, 0.25) is 0 Å². The number of benzene rings is 2. The maximum Gasteiger partial charge on any atom is 0.266 e. The zero-order valence-corrected chi connectivity index (χ0v) is 19.5. The summed E-state index contributed by atoms with van der Waals surface area (Å²) >= 11 is 20.9. The molecule has 0 atom stereocenters. The van der Waals surface area contributed by atoms with Crippen LogP contribution in [0.25, 0.3) is 6.08 Å². The second kappa shape index (κ2) is 9.13. The van der Waals surface area contributed by atoms with Gasteiger partial charge in [0.1, 0.15) is 16.7 Å². The monoisotopic (exact) mass is 549 g/mol. The average molecular weight is 550 g/mol. The predicted octanol–water partition coefficient (Wildman–Crippen LogP) is 6.40. The molecular weight excluding hydrogens is 536 g/mol. The standard InChI is InChI=1S/C19H14Cl2INO2S2/c1-2-23-18(24)17(27-19(23)26)8-11-3-6-16(15(22)7-11)25-10-12-4-5-13(20)9-14(12)21/h3-9H,2,10H2,1H3/b17-8-. The van der Waals surface area contributed by atoms with Crippen LogP contribution in [-0.4, -0.2) is 21.7 Å². The third kappa shape index (κ3) is 4.98. The molecule has 1 aliphatic rings. The van der Waals surface area contributed by atoms with Gasteiger partial charge in [-0.2, -0.15) is 0 Å². The highest BCUT2D eigenvalue weighted by Gasteiger charge is 2.30. The lowest BCUT2D eigenvalue weighted by Gasteiger charge is -2.11. The summed E-state index contributed by atoms with van der Waals surface area (Å²) in [7, 11) is 0. The van der Waals surface area contributed by atoms with Crippen molar-refractivity contribution in [3.05, 3.63) is 66.0 Å². The average Bonchev–Trinajstić information content (AvgIpc) is 2.88. The first-order chi connectivity index (χ1) is 12.9. The number of carbonyl (C=O) groups is 1. The van der Waals surface area contributed by atoms with Crippen molar-refractivity contribution < 1.29 is 9.53 Å². The van der Waals surface area contributed by atoms with E-state index in [1.807, 2.05) is 37.3 Å². The summed E-state index contributed by atoms with van der Waals surface area (Å²) in [6, 6.07) is 11.1. The van der Waals surface area contributed by atoms with E-state index in [0.717, 1.165) is 20.4 Å². The molecule has 8 heteroatoms. The molecule has 2 aromatic rings. The smallest absolute Gasteiger partial charge is 0.266 e.